The van der Waals surface area contributed by atoms with Gasteiger partial charge in [-0.2, -0.15) is 8.42 Å². The number of likely N-dealkylation sites (tertiary alicyclic amines) is 1. The Morgan fingerprint density at radius 1 is 1.27 bits per heavy atom. The minimum absolute atomic E-state index is 0.160. The molecule has 2 heterocycles. The van der Waals surface area contributed by atoms with Crippen molar-refractivity contribution in [3.63, 3.8) is 0 Å². The molecule has 5 rings (SSSR count). The molecule has 4 aliphatic rings. The maximum absolute atomic E-state index is 10.4. The quantitative estimate of drug-likeness (QED) is 0.378. The summed E-state index contributed by atoms with van der Waals surface area (Å²) in [6.07, 6.45) is 5.18. The van der Waals surface area contributed by atoms with Gasteiger partial charge in [-0.1, -0.05) is 18.2 Å². The number of phenols is 1. The summed E-state index contributed by atoms with van der Waals surface area (Å²) in [5, 5.41) is 20.6. The first-order valence-electron chi connectivity index (χ1n) is 8.41. The van der Waals surface area contributed by atoms with E-state index >= 15 is 0 Å². The molecule has 9 heteroatoms. The second kappa shape index (κ2) is 5.67. The third kappa shape index (κ3) is 2.46. The van der Waals surface area contributed by atoms with Crippen LogP contribution in [0.25, 0.3) is 0 Å². The van der Waals surface area contributed by atoms with E-state index in [9.17, 15) is 10.2 Å². The number of aromatic hydroxyl groups is 1. The predicted octanol–water partition coefficient (Wildman–Crippen LogP) is 0.545. The van der Waals surface area contributed by atoms with Gasteiger partial charge in [-0.05, 0) is 38.1 Å². The molecule has 8 nitrogen and oxygen atoms in total. The molecule has 1 saturated heterocycles. The van der Waals surface area contributed by atoms with Crippen molar-refractivity contribution in [2.45, 2.75) is 36.5 Å². The molecule has 2 bridgehead atoms. The zero-order valence-corrected chi connectivity index (χ0v) is 14.9. The maximum atomic E-state index is 10.4. The number of hydrogen-bond acceptors (Lipinski definition) is 6. The first kappa shape index (κ1) is 17.7. The highest BCUT2D eigenvalue weighted by Crippen LogP contribution is 2.62. The van der Waals surface area contributed by atoms with Crippen LogP contribution in [0.1, 0.15) is 17.5 Å². The highest BCUT2D eigenvalue weighted by molar-refractivity contribution is 7.79. The zero-order chi connectivity index (χ0) is 18.9. The molecule has 1 aromatic carbocycles. The lowest BCUT2D eigenvalue weighted by Crippen LogP contribution is -2.64. The van der Waals surface area contributed by atoms with E-state index in [4.69, 9.17) is 22.3 Å². The second-order valence-electron chi connectivity index (χ2n) is 7.38. The van der Waals surface area contributed by atoms with Gasteiger partial charge >= 0.3 is 10.4 Å². The van der Waals surface area contributed by atoms with Crippen molar-refractivity contribution >= 4 is 10.4 Å². The molecular formula is C17H21NO7S. The van der Waals surface area contributed by atoms with Crippen LogP contribution in [0.3, 0.4) is 0 Å². The average molecular weight is 383 g/mol. The maximum Gasteiger partial charge on any atom is 0.394 e. The third-order valence-electron chi connectivity index (χ3n) is 6.15. The number of hydrogen-bond donors (Lipinski definition) is 4. The summed E-state index contributed by atoms with van der Waals surface area (Å²) < 4.78 is 37.7. The van der Waals surface area contributed by atoms with Crippen molar-refractivity contribution in [1.82, 2.24) is 4.90 Å². The van der Waals surface area contributed by atoms with Crippen molar-refractivity contribution < 1.29 is 32.5 Å². The van der Waals surface area contributed by atoms with E-state index in [1.165, 1.54) is 11.1 Å². The van der Waals surface area contributed by atoms with Crippen molar-refractivity contribution in [3.8, 4) is 11.5 Å². The second-order valence-corrected chi connectivity index (χ2v) is 8.27. The normalized spacial score (nSPS) is 36.6. The average Bonchev–Trinajstić information content (AvgIpc) is 2.89. The third-order valence-corrected chi connectivity index (χ3v) is 6.15. The highest BCUT2D eigenvalue weighted by atomic mass is 32.3. The summed E-state index contributed by atoms with van der Waals surface area (Å²) in [4.78, 5) is 2.43. The smallest absolute Gasteiger partial charge is 0.394 e. The van der Waals surface area contributed by atoms with Crippen LogP contribution in [0.15, 0.2) is 24.3 Å². The lowest BCUT2D eigenvalue weighted by Gasteiger charge is -2.56. The molecule has 0 aromatic heterocycles. The van der Waals surface area contributed by atoms with Crippen molar-refractivity contribution in [2.24, 2.45) is 5.92 Å². The van der Waals surface area contributed by atoms with Gasteiger partial charge in [0.2, 0.25) is 0 Å². The van der Waals surface area contributed by atoms with E-state index in [-0.39, 0.29) is 17.3 Å². The number of aliphatic hydroxyl groups excluding tert-OH is 1. The van der Waals surface area contributed by atoms with E-state index in [1.807, 2.05) is 12.1 Å². The molecule has 0 radical (unpaired) electrons. The molecular weight excluding hydrogens is 362 g/mol. The number of phenolic OH excluding ortho intramolecular Hbond substituents is 1. The number of benzene rings is 1. The van der Waals surface area contributed by atoms with Crippen LogP contribution in [0.4, 0.5) is 0 Å². The molecule has 142 valence electrons. The van der Waals surface area contributed by atoms with E-state index in [0.717, 1.165) is 19.4 Å². The van der Waals surface area contributed by atoms with E-state index < -0.39 is 16.5 Å². The van der Waals surface area contributed by atoms with Gasteiger partial charge in [0, 0.05) is 22.9 Å². The fourth-order valence-electron chi connectivity index (χ4n) is 5.24. The Morgan fingerprint density at radius 2 is 1.96 bits per heavy atom. The van der Waals surface area contributed by atoms with Gasteiger partial charge in [0.25, 0.3) is 0 Å². The van der Waals surface area contributed by atoms with E-state index in [0.29, 0.717) is 17.7 Å². The Kier molecular flexibility index (Phi) is 3.87. The molecule has 4 N–H and O–H groups in total. The molecule has 1 aromatic rings. The largest absolute Gasteiger partial charge is 0.504 e. The Bertz CT molecular complexity index is 875. The number of nitrogens with zero attached hydrogens (tertiary/aromatic N) is 1. The lowest BCUT2D eigenvalue weighted by atomic mass is 9.53. The van der Waals surface area contributed by atoms with E-state index in [1.54, 1.807) is 6.07 Å². The van der Waals surface area contributed by atoms with Crippen molar-refractivity contribution in [3.05, 3.63) is 35.4 Å². The first-order chi connectivity index (χ1) is 12.1. The topological polar surface area (TPSA) is 128 Å². The minimum atomic E-state index is -4.67. The molecule has 0 amide bonds. The predicted molar refractivity (Wildman–Crippen MR) is 91.8 cm³/mol. The Balaban J connectivity index is 0.000000301. The van der Waals surface area contributed by atoms with Crippen molar-refractivity contribution in [2.75, 3.05) is 13.6 Å². The molecule has 5 atom stereocenters. The SMILES string of the molecule is CN1CC[C@]23c4c5ccc(O)c4OC2C(O)C=CC3[C@H]1C5.O=S(=O)(O)O. The zero-order valence-electron chi connectivity index (χ0n) is 14.1. The van der Waals surface area contributed by atoms with Crippen LogP contribution in [-0.2, 0) is 22.2 Å². The van der Waals surface area contributed by atoms with Gasteiger partial charge in [0.15, 0.2) is 11.5 Å². The highest BCUT2D eigenvalue weighted by Gasteiger charge is 2.64. The van der Waals surface area contributed by atoms with Gasteiger partial charge in [-0.15, -0.1) is 0 Å². The summed E-state index contributed by atoms with van der Waals surface area (Å²) in [6, 6.07) is 4.23. The summed E-state index contributed by atoms with van der Waals surface area (Å²) >= 11 is 0. The van der Waals surface area contributed by atoms with Crippen LogP contribution in [-0.4, -0.2) is 64.5 Å². The number of likely N-dealkylation sites (N-methyl/N-ethyl adjacent to an activating group) is 1. The van der Waals surface area contributed by atoms with Gasteiger partial charge < -0.3 is 19.8 Å². The number of ether oxygens (including phenoxy) is 1. The molecule has 3 unspecified atom stereocenters. The Labute approximate surface area is 151 Å². The lowest BCUT2D eigenvalue weighted by molar-refractivity contribution is -0.0453. The summed E-state index contributed by atoms with van der Waals surface area (Å²) in [5.41, 5.74) is 2.29. The number of aliphatic hydroxyl groups is 1. The molecule has 26 heavy (non-hydrogen) atoms. The summed E-state index contributed by atoms with van der Waals surface area (Å²) in [6.45, 7) is 1.01. The standard InChI is InChI=1S/C17H19NO3.H2O4S/c1-18-7-6-17-10-3-5-13(20)16(17)21-15-12(19)4-2-9(14(15)17)8-11(10)18;1-5(2,3)4/h2-5,10-11,13,16,19-20H,6-8H2,1H3;(H2,1,2,3,4)/t10?,11-,13?,16?,17+;/m1./s1. The fourth-order valence-corrected chi connectivity index (χ4v) is 5.24. The van der Waals surface area contributed by atoms with Gasteiger partial charge in [0.1, 0.15) is 12.2 Å². The number of rotatable bonds is 0. The van der Waals surface area contributed by atoms with Crippen LogP contribution >= 0.6 is 0 Å². The summed E-state index contributed by atoms with van der Waals surface area (Å²) in [5.74, 6) is 1.19. The van der Waals surface area contributed by atoms with Crippen LogP contribution in [0, 0.1) is 5.92 Å². The summed E-state index contributed by atoms with van der Waals surface area (Å²) in [7, 11) is -2.48. The van der Waals surface area contributed by atoms with Crippen LogP contribution < -0.4 is 4.74 Å². The molecule has 1 spiro atoms. The van der Waals surface area contributed by atoms with Gasteiger partial charge in [0.05, 0.1) is 0 Å². The Hall–Kier alpha value is -1.65. The molecule has 2 aliphatic heterocycles. The molecule has 0 saturated carbocycles. The fraction of sp³-hybridized carbons (Fsp3) is 0.529. The minimum Gasteiger partial charge on any atom is -0.504 e. The van der Waals surface area contributed by atoms with Gasteiger partial charge in [-0.25, -0.2) is 0 Å². The van der Waals surface area contributed by atoms with Gasteiger partial charge in [-0.3, -0.25) is 9.11 Å². The van der Waals surface area contributed by atoms with Crippen LogP contribution in [0.2, 0.25) is 0 Å². The van der Waals surface area contributed by atoms with Crippen molar-refractivity contribution in [1.29, 1.82) is 0 Å². The number of piperidine rings is 1. The Morgan fingerprint density at radius 3 is 2.65 bits per heavy atom. The first-order valence-corrected chi connectivity index (χ1v) is 9.81. The molecule has 1 fully saturated rings. The monoisotopic (exact) mass is 383 g/mol. The van der Waals surface area contributed by atoms with Crippen LogP contribution in [0.5, 0.6) is 11.5 Å². The van der Waals surface area contributed by atoms with E-state index in [2.05, 4.69) is 18.0 Å². The molecule has 2 aliphatic carbocycles.